The van der Waals surface area contributed by atoms with Gasteiger partial charge in [-0.3, -0.25) is 4.79 Å². The lowest BCUT2D eigenvalue weighted by molar-refractivity contribution is -0.00165. The number of rotatable bonds is 5. The number of benzene rings is 2. The van der Waals surface area contributed by atoms with Crippen LogP contribution in [0.15, 0.2) is 67.3 Å². The summed E-state index contributed by atoms with van der Waals surface area (Å²) in [6.07, 6.45) is 7.19. The van der Waals surface area contributed by atoms with Crippen LogP contribution >= 0.6 is 0 Å². The number of amides is 1. The lowest BCUT2D eigenvalue weighted by Crippen LogP contribution is -2.50. The van der Waals surface area contributed by atoms with Crippen LogP contribution in [-0.4, -0.2) is 66.6 Å². The average molecular weight is 429 g/mol. The first kappa shape index (κ1) is 20.1. The van der Waals surface area contributed by atoms with Crippen LogP contribution < -0.4 is 0 Å². The Balaban J connectivity index is 1.42. The number of hydrogen-bond donors (Lipinski definition) is 0. The second-order valence-electron chi connectivity index (χ2n) is 7.71. The van der Waals surface area contributed by atoms with Crippen molar-refractivity contribution in [3.05, 3.63) is 83.9 Å². The minimum atomic E-state index is -0.0870. The number of carbonyl (C=O) groups is 1. The van der Waals surface area contributed by atoms with Crippen molar-refractivity contribution in [2.45, 2.75) is 19.4 Å². The van der Waals surface area contributed by atoms with E-state index < -0.39 is 0 Å². The Labute approximate surface area is 185 Å². The van der Waals surface area contributed by atoms with Crippen molar-refractivity contribution < 1.29 is 9.53 Å². The Hall–Kier alpha value is -3.85. The monoisotopic (exact) mass is 429 g/mol. The van der Waals surface area contributed by atoms with Crippen molar-refractivity contribution >= 4 is 5.91 Å². The van der Waals surface area contributed by atoms with E-state index in [9.17, 15) is 4.79 Å². The van der Waals surface area contributed by atoms with Gasteiger partial charge in [0.05, 0.1) is 61.0 Å². The summed E-state index contributed by atoms with van der Waals surface area (Å²) in [5.41, 5.74) is 4.34. The van der Waals surface area contributed by atoms with E-state index in [1.807, 2.05) is 36.1 Å². The highest BCUT2D eigenvalue weighted by molar-refractivity contribution is 5.98. The van der Waals surface area contributed by atoms with Gasteiger partial charge in [0.25, 0.3) is 5.91 Å². The highest BCUT2D eigenvalue weighted by atomic mass is 16.5. The molecule has 1 atom stereocenters. The molecule has 0 bridgehead atoms. The first-order valence-electron chi connectivity index (χ1n) is 10.5. The highest BCUT2D eigenvalue weighted by Crippen LogP contribution is 2.22. The van der Waals surface area contributed by atoms with Gasteiger partial charge in [0.2, 0.25) is 0 Å². The standard InChI is InChI=1S/C23H23N7O2/c1-17-6-7-18(15-22(17)30-26-10-11-27-30)14-19-16-32-13-12-28(19)23(31)20-4-2-3-5-21(20)29-24-8-9-25-29/h2-11,15,19H,12-14,16H2,1H3. The molecule has 1 saturated heterocycles. The molecular formula is C23H23N7O2. The molecule has 5 rings (SSSR count). The van der Waals surface area contributed by atoms with Gasteiger partial charge in [0.1, 0.15) is 0 Å². The first-order chi connectivity index (χ1) is 15.7. The predicted octanol–water partition coefficient (Wildman–Crippen LogP) is 2.24. The third kappa shape index (κ3) is 3.90. The minimum Gasteiger partial charge on any atom is -0.377 e. The quantitative estimate of drug-likeness (QED) is 0.483. The van der Waals surface area contributed by atoms with Crippen molar-refractivity contribution in [2.75, 3.05) is 19.8 Å². The van der Waals surface area contributed by atoms with Gasteiger partial charge in [0.15, 0.2) is 0 Å². The number of hydrogen-bond acceptors (Lipinski definition) is 6. The van der Waals surface area contributed by atoms with Gasteiger partial charge in [-0.15, -0.1) is 0 Å². The normalized spacial score (nSPS) is 16.3. The van der Waals surface area contributed by atoms with Crippen LogP contribution in [0.5, 0.6) is 0 Å². The Morgan fingerprint density at radius 3 is 2.41 bits per heavy atom. The highest BCUT2D eigenvalue weighted by Gasteiger charge is 2.30. The van der Waals surface area contributed by atoms with E-state index in [1.54, 1.807) is 29.6 Å². The molecule has 162 valence electrons. The number of ether oxygens (including phenoxy) is 1. The third-order valence-electron chi connectivity index (χ3n) is 5.64. The fourth-order valence-corrected chi connectivity index (χ4v) is 4.02. The number of nitrogens with zero attached hydrogens (tertiary/aromatic N) is 7. The molecule has 1 aliphatic rings. The fraction of sp³-hybridized carbons (Fsp3) is 0.261. The summed E-state index contributed by atoms with van der Waals surface area (Å²) in [5, 5.41) is 16.9. The zero-order valence-electron chi connectivity index (χ0n) is 17.7. The van der Waals surface area contributed by atoms with Gasteiger partial charge in [-0.25, -0.2) is 0 Å². The number of para-hydroxylation sites is 1. The summed E-state index contributed by atoms with van der Waals surface area (Å²) >= 11 is 0. The summed E-state index contributed by atoms with van der Waals surface area (Å²) in [5.74, 6) is -0.0488. The van der Waals surface area contributed by atoms with E-state index >= 15 is 0 Å². The molecule has 0 radical (unpaired) electrons. The van der Waals surface area contributed by atoms with Crippen molar-refractivity contribution in [3.63, 3.8) is 0 Å². The summed E-state index contributed by atoms with van der Waals surface area (Å²) in [6.45, 7) is 3.56. The second-order valence-corrected chi connectivity index (χ2v) is 7.71. The van der Waals surface area contributed by atoms with E-state index in [-0.39, 0.29) is 11.9 Å². The first-order valence-corrected chi connectivity index (χ1v) is 10.5. The Kier molecular flexibility index (Phi) is 5.47. The van der Waals surface area contributed by atoms with Crippen molar-refractivity contribution in [3.8, 4) is 11.4 Å². The molecule has 32 heavy (non-hydrogen) atoms. The summed E-state index contributed by atoms with van der Waals surface area (Å²) in [6, 6.07) is 13.5. The molecule has 1 unspecified atom stereocenters. The molecule has 0 aliphatic carbocycles. The van der Waals surface area contributed by atoms with Crippen molar-refractivity contribution in [1.29, 1.82) is 0 Å². The van der Waals surface area contributed by atoms with E-state index in [2.05, 4.69) is 38.6 Å². The SMILES string of the molecule is Cc1ccc(CC2COCCN2C(=O)c2ccccc2-n2nccn2)cc1-n1nccn1. The van der Waals surface area contributed by atoms with Crippen LogP contribution in [0.3, 0.4) is 0 Å². The Morgan fingerprint density at radius 1 is 0.969 bits per heavy atom. The van der Waals surface area contributed by atoms with Crippen molar-refractivity contribution in [2.24, 2.45) is 0 Å². The van der Waals surface area contributed by atoms with Gasteiger partial charge in [-0.1, -0.05) is 24.3 Å². The van der Waals surface area contributed by atoms with Crippen LogP contribution in [0.4, 0.5) is 0 Å². The van der Waals surface area contributed by atoms with Crippen LogP contribution in [0.2, 0.25) is 0 Å². The van der Waals surface area contributed by atoms with Gasteiger partial charge in [-0.2, -0.15) is 30.0 Å². The summed E-state index contributed by atoms with van der Waals surface area (Å²) in [7, 11) is 0. The van der Waals surface area contributed by atoms with Gasteiger partial charge in [-0.05, 0) is 42.7 Å². The summed E-state index contributed by atoms with van der Waals surface area (Å²) in [4.78, 5) is 18.6. The van der Waals surface area contributed by atoms with Crippen LogP contribution in [0, 0.1) is 6.92 Å². The number of morpholine rings is 1. The molecule has 4 aromatic rings. The zero-order valence-corrected chi connectivity index (χ0v) is 17.7. The van der Waals surface area contributed by atoms with Gasteiger partial charge < -0.3 is 9.64 Å². The van der Waals surface area contributed by atoms with Crippen LogP contribution in [0.1, 0.15) is 21.5 Å². The van der Waals surface area contributed by atoms with Crippen LogP contribution in [-0.2, 0) is 11.2 Å². The van der Waals surface area contributed by atoms with Crippen molar-refractivity contribution in [1.82, 2.24) is 34.9 Å². The predicted molar refractivity (Wildman–Crippen MR) is 117 cm³/mol. The number of carbonyl (C=O) groups excluding carboxylic acids is 1. The zero-order chi connectivity index (χ0) is 21.9. The maximum absolute atomic E-state index is 13.6. The molecule has 1 aliphatic heterocycles. The lowest BCUT2D eigenvalue weighted by atomic mass is 10.0. The van der Waals surface area contributed by atoms with Gasteiger partial charge >= 0.3 is 0 Å². The largest absolute Gasteiger partial charge is 0.377 e. The maximum Gasteiger partial charge on any atom is 0.256 e. The van der Waals surface area contributed by atoms with Gasteiger partial charge in [0, 0.05) is 6.54 Å². The van der Waals surface area contributed by atoms with E-state index in [0.29, 0.717) is 37.4 Å². The topological polar surface area (TPSA) is 91.0 Å². The Morgan fingerprint density at radius 2 is 1.66 bits per heavy atom. The molecule has 3 heterocycles. The van der Waals surface area contributed by atoms with E-state index in [0.717, 1.165) is 16.8 Å². The lowest BCUT2D eigenvalue weighted by Gasteiger charge is -2.36. The summed E-state index contributed by atoms with van der Waals surface area (Å²) < 4.78 is 5.75. The minimum absolute atomic E-state index is 0.0488. The molecule has 2 aromatic carbocycles. The third-order valence-corrected chi connectivity index (χ3v) is 5.64. The second kappa shape index (κ2) is 8.72. The molecule has 2 aromatic heterocycles. The smallest absolute Gasteiger partial charge is 0.256 e. The van der Waals surface area contributed by atoms with E-state index in [1.165, 1.54) is 4.80 Å². The molecule has 9 heteroatoms. The molecule has 0 N–H and O–H groups in total. The molecular weight excluding hydrogens is 406 g/mol. The number of aryl methyl sites for hydroxylation is 1. The number of aromatic nitrogens is 6. The molecule has 1 amide bonds. The molecule has 0 saturated carbocycles. The molecule has 1 fully saturated rings. The maximum atomic E-state index is 13.6. The van der Waals surface area contributed by atoms with E-state index in [4.69, 9.17) is 4.74 Å². The Bertz CT molecular complexity index is 1210. The van der Waals surface area contributed by atoms with Crippen LogP contribution in [0.25, 0.3) is 11.4 Å². The average Bonchev–Trinajstić information content (AvgIpc) is 3.55. The molecule has 9 nitrogen and oxygen atoms in total. The fourth-order valence-electron chi connectivity index (χ4n) is 4.02. The molecule has 0 spiro atoms.